The van der Waals surface area contributed by atoms with Crippen LogP contribution in [0.25, 0.3) is 88.3 Å². The number of para-hydroxylation sites is 2. The van der Waals surface area contributed by atoms with Gasteiger partial charge in [-0.25, -0.2) is 0 Å². The van der Waals surface area contributed by atoms with Gasteiger partial charge in [-0.05, 0) is 132 Å². The minimum absolute atomic E-state index is 0.413. The molecule has 0 saturated heterocycles. The number of furan rings is 1. The highest BCUT2D eigenvalue weighted by molar-refractivity contribution is 6.14. The number of hydrogen-bond acceptors (Lipinski definition) is 2. The Bertz CT molecular complexity index is 3880. The zero-order valence-electron chi connectivity index (χ0n) is 36.5. The molecule has 1 heterocycles. The molecule has 14 rings (SSSR count). The standard InChI is InChI=1S/C65H41NO/c1-2-15-46-40-47(33-32-42(46)14-1)45-30-28-43(29-31-45)44-34-36-48(37-35-44)66(61-25-11-6-19-53(61)54-21-13-27-63-64(54)55-20-7-12-26-62(55)67-63)49-38-39-60-56(41-49)52-18-5-10-24-59(52)65(60)57-22-8-3-16-50(57)51-17-4-9-23-58(51)65/h1-41H. The predicted octanol–water partition coefficient (Wildman–Crippen LogP) is 17.6. The van der Waals surface area contributed by atoms with Crippen molar-refractivity contribution in [3.8, 4) is 55.6 Å². The van der Waals surface area contributed by atoms with Crippen molar-refractivity contribution in [2.24, 2.45) is 0 Å². The summed E-state index contributed by atoms with van der Waals surface area (Å²) in [6.45, 7) is 0. The SMILES string of the molecule is c1ccc(N(c2ccc(-c3ccc(-c4ccc5ccccc5c4)cc3)cc2)c2ccc3c(c2)-c2ccccc2C32c3ccccc3-c3ccccc32)c(-c2cccc3oc4ccccc4c23)c1. The van der Waals surface area contributed by atoms with Gasteiger partial charge in [0.15, 0.2) is 0 Å². The minimum Gasteiger partial charge on any atom is -0.456 e. The summed E-state index contributed by atoms with van der Waals surface area (Å²) in [5.41, 5.74) is 22.1. The first-order chi connectivity index (χ1) is 33.2. The monoisotopic (exact) mass is 851 g/mol. The molecule has 0 fully saturated rings. The average Bonchev–Trinajstić information content (AvgIpc) is 4.03. The molecule has 1 aromatic heterocycles. The van der Waals surface area contributed by atoms with E-state index in [-0.39, 0.29) is 0 Å². The van der Waals surface area contributed by atoms with Crippen LogP contribution < -0.4 is 4.90 Å². The van der Waals surface area contributed by atoms with Crippen molar-refractivity contribution in [1.29, 1.82) is 0 Å². The lowest BCUT2D eigenvalue weighted by Gasteiger charge is -2.31. The highest BCUT2D eigenvalue weighted by Gasteiger charge is 2.51. The summed E-state index contributed by atoms with van der Waals surface area (Å²) in [6.07, 6.45) is 0. The number of rotatable bonds is 6. The number of hydrogen-bond donors (Lipinski definition) is 0. The molecule has 312 valence electrons. The van der Waals surface area contributed by atoms with Crippen LogP contribution in [-0.4, -0.2) is 0 Å². The number of fused-ring (bicyclic) bond motifs is 14. The molecule has 0 radical (unpaired) electrons. The van der Waals surface area contributed by atoms with Crippen LogP contribution in [0.15, 0.2) is 253 Å². The largest absolute Gasteiger partial charge is 0.456 e. The van der Waals surface area contributed by atoms with Gasteiger partial charge in [0.1, 0.15) is 11.2 Å². The fourth-order valence-corrected chi connectivity index (χ4v) is 11.6. The van der Waals surface area contributed by atoms with Gasteiger partial charge in [-0.3, -0.25) is 0 Å². The Hall–Kier alpha value is -8.72. The number of nitrogens with zero attached hydrogens (tertiary/aromatic N) is 1. The smallest absolute Gasteiger partial charge is 0.136 e. The maximum absolute atomic E-state index is 6.45. The lowest BCUT2D eigenvalue weighted by molar-refractivity contribution is 0.669. The Balaban J connectivity index is 0.940. The summed E-state index contributed by atoms with van der Waals surface area (Å²) in [6, 6.07) is 91.3. The molecule has 67 heavy (non-hydrogen) atoms. The van der Waals surface area contributed by atoms with Crippen LogP contribution in [0.1, 0.15) is 22.3 Å². The Morgan fingerprint density at radius 1 is 0.299 bits per heavy atom. The molecular formula is C65H41NO. The molecule has 0 amide bonds. The molecule has 1 spiro atoms. The van der Waals surface area contributed by atoms with E-state index in [1.165, 1.54) is 77.5 Å². The van der Waals surface area contributed by atoms with E-state index in [9.17, 15) is 0 Å². The highest BCUT2D eigenvalue weighted by atomic mass is 16.3. The highest BCUT2D eigenvalue weighted by Crippen LogP contribution is 2.63. The summed E-state index contributed by atoms with van der Waals surface area (Å²) >= 11 is 0. The van der Waals surface area contributed by atoms with E-state index in [4.69, 9.17) is 4.42 Å². The summed E-state index contributed by atoms with van der Waals surface area (Å²) in [5.74, 6) is 0. The van der Waals surface area contributed by atoms with Gasteiger partial charge < -0.3 is 9.32 Å². The van der Waals surface area contributed by atoms with Crippen LogP contribution in [0.3, 0.4) is 0 Å². The summed E-state index contributed by atoms with van der Waals surface area (Å²) in [7, 11) is 0. The molecular weight excluding hydrogens is 811 g/mol. The molecule has 0 bridgehead atoms. The van der Waals surface area contributed by atoms with E-state index in [1.807, 2.05) is 6.07 Å². The van der Waals surface area contributed by atoms with E-state index in [1.54, 1.807) is 0 Å². The molecule has 2 aliphatic carbocycles. The van der Waals surface area contributed by atoms with E-state index in [2.05, 4.69) is 248 Å². The molecule has 0 atom stereocenters. The molecule has 11 aromatic carbocycles. The number of benzene rings is 11. The molecule has 0 N–H and O–H groups in total. The first-order valence-electron chi connectivity index (χ1n) is 23.2. The van der Waals surface area contributed by atoms with Crippen LogP contribution in [0, 0.1) is 0 Å². The first kappa shape index (κ1) is 37.6. The van der Waals surface area contributed by atoms with Gasteiger partial charge in [0.2, 0.25) is 0 Å². The van der Waals surface area contributed by atoms with Crippen LogP contribution in [-0.2, 0) is 5.41 Å². The van der Waals surface area contributed by atoms with Gasteiger partial charge in [0, 0.05) is 27.7 Å². The summed E-state index contributed by atoms with van der Waals surface area (Å²) in [4.78, 5) is 2.45. The van der Waals surface area contributed by atoms with Crippen LogP contribution >= 0.6 is 0 Å². The fraction of sp³-hybridized carbons (Fsp3) is 0.0154. The second-order valence-corrected chi connectivity index (χ2v) is 17.9. The Labute approximate surface area is 389 Å². The zero-order chi connectivity index (χ0) is 44.1. The topological polar surface area (TPSA) is 16.4 Å². The lowest BCUT2D eigenvalue weighted by Crippen LogP contribution is -2.25. The molecule has 2 heteroatoms. The van der Waals surface area contributed by atoms with Crippen molar-refractivity contribution < 1.29 is 4.42 Å². The molecule has 0 aliphatic heterocycles. The van der Waals surface area contributed by atoms with Crippen LogP contribution in [0.4, 0.5) is 17.1 Å². The van der Waals surface area contributed by atoms with Crippen molar-refractivity contribution in [1.82, 2.24) is 0 Å². The van der Waals surface area contributed by atoms with Gasteiger partial charge in [0.05, 0.1) is 11.1 Å². The van der Waals surface area contributed by atoms with Crippen molar-refractivity contribution in [3.63, 3.8) is 0 Å². The number of anilines is 3. The van der Waals surface area contributed by atoms with Gasteiger partial charge in [-0.1, -0.05) is 200 Å². The second kappa shape index (κ2) is 14.7. The molecule has 0 unspecified atom stereocenters. The zero-order valence-corrected chi connectivity index (χ0v) is 36.5. The Morgan fingerprint density at radius 3 is 1.51 bits per heavy atom. The van der Waals surface area contributed by atoms with Crippen molar-refractivity contribution in [3.05, 3.63) is 271 Å². The Morgan fingerprint density at radius 2 is 0.791 bits per heavy atom. The van der Waals surface area contributed by atoms with Crippen LogP contribution in [0.2, 0.25) is 0 Å². The van der Waals surface area contributed by atoms with Gasteiger partial charge >= 0.3 is 0 Å². The maximum Gasteiger partial charge on any atom is 0.136 e. The van der Waals surface area contributed by atoms with Crippen molar-refractivity contribution >= 4 is 49.8 Å². The van der Waals surface area contributed by atoms with Crippen molar-refractivity contribution in [2.45, 2.75) is 5.41 Å². The fourth-order valence-electron chi connectivity index (χ4n) is 11.6. The summed E-state index contributed by atoms with van der Waals surface area (Å²) < 4.78 is 6.45. The molecule has 2 nitrogen and oxygen atoms in total. The quantitative estimate of drug-likeness (QED) is 0.166. The third-order valence-electron chi connectivity index (χ3n) is 14.5. The van der Waals surface area contributed by atoms with Crippen LogP contribution in [0.5, 0.6) is 0 Å². The second-order valence-electron chi connectivity index (χ2n) is 17.9. The Kier molecular flexibility index (Phi) is 8.23. The van der Waals surface area contributed by atoms with E-state index in [0.717, 1.165) is 50.1 Å². The minimum atomic E-state index is -0.413. The van der Waals surface area contributed by atoms with Crippen molar-refractivity contribution in [2.75, 3.05) is 4.90 Å². The van der Waals surface area contributed by atoms with Gasteiger partial charge in [-0.2, -0.15) is 0 Å². The normalized spacial score (nSPS) is 12.9. The predicted molar refractivity (Wildman–Crippen MR) is 279 cm³/mol. The molecule has 2 aliphatic rings. The average molecular weight is 852 g/mol. The van der Waals surface area contributed by atoms with Gasteiger partial charge in [-0.15, -0.1) is 0 Å². The first-order valence-corrected chi connectivity index (χ1v) is 23.2. The van der Waals surface area contributed by atoms with E-state index < -0.39 is 5.41 Å². The molecule has 12 aromatic rings. The third kappa shape index (κ3) is 5.57. The van der Waals surface area contributed by atoms with Gasteiger partial charge in [0.25, 0.3) is 0 Å². The van der Waals surface area contributed by atoms with E-state index >= 15 is 0 Å². The molecule has 0 saturated carbocycles. The maximum atomic E-state index is 6.45. The third-order valence-corrected chi connectivity index (χ3v) is 14.5. The van der Waals surface area contributed by atoms with E-state index in [0.29, 0.717) is 0 Å². The lowest BCUT2D eigenvalue weighted by atomic mass is 9.70. The summed E-state index contributed by atoms with van der Waals surface area (Å²) in [5, 5.41) is 4.74.